The lowest BCUT2D eigenvalue weighted by atomic mass is 9.71. The maximum Gasteiger partial charge on any atom is 0.266 e. The number of imide groups is 2. The van der Waals surface area contributed by atoms with Gasteiger partial charge in [-0.15, -0.1) is 0 Å². The molecule has 0 saturated heterocycles. The number of hydrogen-bond donors (Lipinski definition) is 4. The zero-order valence-electron chi connectivity index (χ0n) is 51.8. The number of carbonyl (C=O) groups excluding carboxylic acids is 4. The zero-order valence-corrected chi connectivity index (χ0v) is 51.8. The predicted octanol–water partition coefficient (Wildman–Crippen LogP) is 18.7. The number of aromatic hydroxyl groups is 4. The maximum atomic E-state index is 13.0. The first kappa shape index (κ1) is 71.3. The second kappa shape index (κ2) is 35.8. The minimum atomic E-state index is -0.684. The number of fused-ring (bicyclic) bond motifs is 2. The Labute approximate surface area is 490 Å². The van der Waals surface area contributed by atoms with Crippen molar-refractivity contribution in [2.24, 2.45) is 0 Å². The highest BCUT2D eigenvalue weighted by Crippen LogP contribution is 2.43. The van der Waals surface area contributed by atoms with Gasteiger partial charge in [0, 0.05) is 10.8 Å². The predicted molar refractivity (Wildman–Crippen MR) is 342 cm³/mol. The van der Waals surface area contributed by atoms with Gasteiger partial charge in [-0.3, -0.25) is 19.2 Å². The van der Waals surface area contributed by atoms with Gasteiger partial charge >= 0.3 is 0 Å². The van der Waals surface area contributed by atoms with Crippen molar-refractivity contribution in [3.05, 3.63) is 250 Å². The van der Waals surface area contributed by atoms with E-state index in [0.717, 1.165) is 33.4 Å². The molecule has 0 bridgehead atoms. The average molecular weight is 1110 g/mol. The van der Waals surface area contributed by atoms with Crippen LogP contribution < -0.4 is 9.80 Å². The van der Waals surface area contributed by atoms with Crippen LogP contribution in [0.25, 0.3) is 0 Å². The molecule has 0 unspecified atom stereocenters. The van der Waals surface area contributed by atoms with E-state index < -0.39 is 10.8 Å². The Balaban J connectivity index is 0.000000660. The van der Waals surface area contributed by atoms with Gasteiger partial charge in [0.15, 0.2) is 0 Å². The topological polar surface area (TPSA) is 156 Å². The molecule has 8 aromatic rings. The molecule has 0 aliphatic carbocycles. The molecule has 4 N–H and O–H groups in total. The maximum absolute atomic E-state index is 13.0. The summed E-state index contributed by atoms with van der Waals surface area (Å²) in [6.45, 7) is 36.1. The molecule has 4 amide bonds. The molecule has 0 radical (unpaired) electrons. The minimum absolute atomic E-state index is 0.159. The lowest BCUT2D eigenvalue weighted by molar-refractivity contribution is 0.0910. The van der Waals surface area contributed by atoms with Crippen molar-refractivity contribution in [3.63, 3.8) is 0 Å². The summed E-state index contributed by atoms with van der Waals surface area (Å²) in [6.07, 6.45) is 0. The van der Waals surface area contributed by atoms with Crippen molar-refractivity contribution in [1.29, 1.82) is 0 Å². The third kappa shape index (κ3) is 15.8. The van der Waals surface area contributed by atoms with E-state index >= 15 is 0 Å². The summed E-state index contributed by atoms with van der Waals surface area (Å²) in [7, 11) is 0. The average Bonchev–Trinajstić information content (AvgIpc) is 4.12. The molecule has 8 aromatic carbocycles. The van der Waals surface area contributed by atoms with Crippen LogP contribution in [0.3, 0.4) is 0 Å². The van der Waals surface area contributed by atoms with Crippen molar-refractivity contribution >= 4 is 35.0 Å². The fraction of sp³-hybridized carbons (Fsp3) is 0.278. The Morgan fingerprint density at radius 2 is 0.476 bits per heavy atom. The second-order valence-corrected chi connectivity index (χ2v) is 16.5. The molecule has 0 fully saturated rings. The molecule has 0 atom stereocenters. The Bertz CT molecular complexity index is 3000. The minimum Gasteiger partial charge on any atom is -0.508 e. The molecule has 2 aliphatic rings. The third-order valence-electron chi connectivity index (χ3n) is 12.8. The highest BCUT2D eigenvalue weighted by molar-refractivity contribution is 6.35. The van der Waals surface area contributed by atoms with Gasteiger partial charge in [-0.1, -0.05) is 208 Å². The zero-order chi connectivity index (χ0) is 62.3. The number of carbonyl (C=O) groups is 4. The number of nitrogens with zero attached hydrogens (tertiary/aromatic N) is 2. The Kier molecular flexibility index (Phi) is 31.1. The highest BCUT2D eigenvalue weighted by Gasteiger charge is 2.39. The van der Waals surface area contributed by atoms with Crippen molar-refractivity contribution in [3.8, 4) is 23.0 Å². The molecule has 82 heavy (non-hydrogen) atoms. The SMILES string of the molecule is CC.CC.CC.CC.CC.CC.CC.CC.CC(c1ccc(O)cc1)(c1ccc(O)cc1)c1ccc(N2C(=O)c3ccccc3C2=O)cc1.CC(c1ccc(O)cc1)(c1ccc(O)cc1)c1cccc(N2C(=O)c3ccccc3C2=O)c1. The van der Waals surface area contributed by atoms with Gasteiger partial charge in [0.2, 0.25) is 0 Å². The molecule has 10 rings (SSSR count). The van der Waals surface area contributed by atoms with Crippen LogP contribution in [0, 0.1) is 0 Å². The fourth-order valence-electron chi connectivity index (χ4n) is 8.93. The third-order valence-corrected chi connectivity index (χ3v) is 12.8. The largest absolute Gasteiger partial charge is 0.508 e. The Morgan fingerprint density at radius 1 is 0.256 bits per heavy atom. The van der Waals surface area contributed by atoms with E-state index in [-0.39, 0.29) is 46.6 Å². The number of amides is 4. The van der Waals surface area contributed by atoms with E-state index in [1.165, 1.54) is 9.80 Å². The standard InChI is InChI=1S/2C28H21NO4.8C2H6/c1-28(18-9-13-22(30)14-10-18,19-11-15-23(31)16-12-19)20-5-4-6-21(17-20)29-26(32)24-7-2-3-8-25(24)27(29)33;1-28(19-8-14-22(30)15-9-19,20-10-16-23(31)17-11-20)18-6-12-21(13-7-18)29-26(32)24-4-2-3-5-25(24)27(29)33;8*1-2/h2*2-17,30-31H,1H3;8*1-2H3. The van der Waals surface area contributed by atoms with Crippen LogP contribution in [0.1, 0.15) is 199 Å². The van der Waals surface area contributed by atoms with Crippen LogP contribution in [-0.2, 0) is 10.8 Å². The molecular weight excluding hydrogens is 1020 g/mol. The van der Waals surface area contributed by atoms with Crippen molar-refractivity contribution < 1.29 is 39.6 Å². The molecule has 10 nitrogen and oxygen atoms in total. The van der Waals surface area contributed by atoms with Crippen molar-refractivity contribution in [2.45, 2.75) is 135 Å². The van der Waals surface area contributed by atoms with Gasteiger partial charge in [-0.05, 0) is 144 Å². The molecule has 436 valence electrons. The summed E-state index contributed by atoms with van der Waals surface area (Å²) in [5.41, 5.74) is 6.79. The summed E-state index contributed by atoms with van der Waals surface area (Å²) < 4.78 is 0. The summed E-state index contributed by atoms with van der Waals surface area (Å²) >= 11 is 0. The molecule has 10 heteroatoms. The first-order valence-electron chi connectivity index (χ1n) is 29.1. The highest BCUT2D eigenvalue weighted by atomic mass is 16.3. The normalized spacial score (nSPS) is 11.3. The van der Waals surface area contributed by atoms with Crippen LogP contribution in [-0.4, -0.2) is 44.1 Å². The van der Waals surface area contributed by atoms with Gasteiger partial charge in [0.1, 0.15) is 23.0 Å². The second-order valence-electron chi connectivity index (χ2n) is 16.5. The lowest BCUT2D eigenvalue weighted by Crippen LogP contribution is -2.30. The quantitative estimate of drug-likeness (QED) is 0.0866. The van der Waals surface area contributed by atoms with E-state index in [4.69, 9.17) is 0 Å². The summed E-state index contributed by atoms with van der Waals surface area (Å²) in [5, 5.41) is 39.2. The lowest BCUT2D eigenvalue weighted by Gasteiger charge is -2.32. The number of hydrogen-bond acceptors (Lipinski definition) is 8. The van der Waals surface area contributed by atoms with Crippen LogP contribution in [0.15, 0.2) is 194 Å². The van der Waals surface area contributed by atoms with Crippen molar-refractivity contribution in [2.75, 3.05) is 9.80 Å². The van der Waals surface area contributed by atoms with Crippen LogP contribution in [0.2, 0.25) is 0 Å². The molecular formula is C72H90N2O8. The summed E-state index contributed by atoms with van der Waals surface area (Å²) in [4.78, 5) is 54.2. The van der Waals surface area contributed by atoms with Gasteiger partial charge in [0.05, 0.1) is 33.6 Å². The Hall–Kier alpha value is -8.76. The number of anilines is 2. The van der Waals surface area contributed by atoms with Gasteiger partial charge in [0.25, 0.3) is 23.6 Å². The van der Waals surface area contributed by atoms with Crippen LogP contribution >= 0.6 is 0 Å². The van der Waals surface area contributed by atoms with Crippen LogP contribution in [0.5, 0.6) is 23.0 Å². The molecule has 2 heterocycles. The summed E-state index contributed by atoms with van der Waals surface area (Å²) in [5.74, 6) is -0.683. The van der Waals surface area contributed by atoms with E-state index in [1.807, 2.05) is 197 Å². The number of rotatable bonds is 8. The van der Waals surface area contributed by atoms with Crippen LogP contribution in [0.4, 0.5) is 11.4 Å². The first-order chi connectivity index (χ1) is 39.8. The Morgan fingerprint density at radius 3 is 0.732 bits per heavy atom. The number of phenolic OH excluding ortho intramolecular Hbond substituents is 4. The molecule has 0 aromatic heterocycles. The summed E-state index contributed by atoms with van der Waals surface area (Å²) in [6, 6.07) is 56.3. The molecule has 0 spiro atoms. The monoisotopic (exact) mass is 1110 g/mol. The van der Waals surface area contributed by atoms with E-state index in [2.05, 4.69) is 6.92 Å². The van der Waals surface area contributed by atoms with Gasteiger partial charge in [-0.2, -0.15) is 0 Å². The number of benzene rings is 8. The van der Waals surface area contributed by atoms with Gasteiger partial charge in [-0.25, -0.2) is 9.80 Å². The molecule has 0 saturated carbocycles. The van der Waals surface area contributed by atoms with E-state index in [9.17, 15) is 39.6 Å². The van der Waals surface area contributed by atoms with Crippen molar-refractivity contribution in [1.82, 2.24) is 0 Å². The smallest absolute Gasteiger partial charge is 0.266 e. The van der Waals surface area contributed by atoms with Gasteiger partial charge < -0.3 is 20.4 Å². The van der Waals surface area contributed by atoms with E-state index in [1.54, 1.807) is 115 Å². The van der Waals surface area contributed by atoms with E-state index in [0.29, 0.717) is 33.6 Å². The fourth-order valence-corrected chi connectivity index (χ4v) is 8.93. The number of phenols is 4. The first-order valence-corrected chi connectivity index (χ1v) is 29.1. The molecule has 2 aliphatic heterocycles.